The van der Waals surface area contributed by atoms with Crippen LogP contribution < -0.4 is 0 Å². The smallest absolute Gasteiger partial charge is 0.306 e. The summed E-state index contributed by atoms with van der Waals surface area (Å²) in [4.78, 5) is 22.8. The van der Waals surface area contributed by atoms with E-state index in [0.29, 0.717) is 12.8 Å². The van der Waals surface area contributed by atoms with E-state index >= 15 is 0 Å². The number of rotatable bonds is 6. The zero-order valence-electron chi connectivity index (χ0n) is 10.7. The zero-order chi connectivity index (χ0) is 12.7. The lowest BCUT2D eigenvalue weighted by molar-refractivity contribution is -0.165. The number of carbonyl (C=O) groups is 2. The monoisotopic (exact) mass is 242 g/mol. The highest BCUT2D eigenvalue weighted by atomic mass is 16.6. The molecule has 0 spiro atoms. The molecule has 98 valence electrons. The van der Waals surface area contributed by atoms with Crippen molar-refractivity contribution in [1.29, 1.82) is 0 Å². The lowest BCUT2D eigenvalue weighted by atomic mass is 10.2. The summed E-state index contributed by atoms with van der Waals surface area (Å²) in [6.45, 7) is 3.88. The molecule has 1 aliphatic rings. The minimum atomic E-state index is -0.227. The van der Waals surface area contributed by atoms with E-state index in [1.807, 2.05) is 13.8 Å². The van der Waals surface area contributed by atoms with Gasteiger partial charge in [0.2, 0.25) is 0 Å². The fourth-order valence-electron chi connectivity index (χ4n) is 2.03. The number of ether oxygens (including phenoxy) is 2. The molecular weight excluding hydrogens is 220 g/mol. The lowest BCUT2D eigenvalue weighted by Gasteiger charge is -2.20. The summed E-state index contributed by atoms with van der Waals surface area (Å²) in [7, 11) is 0. The maximum atomic E-state index is 11.4. The Morgan fingerprint density at radius 1 is 0.941 bits per heavy atom. The molecule has 0 bridgehead atoms. The molecule has 1 rings (SSSR count). The van der Waals surface area contributed by atoms with Crippen LogP contribution in [0.3, 0.4) is 0 Å². The Morgan fingerprint density at radius 3 is 1.71 bits per heavy atom. The summed E-state index contributed by atoms with van der Waals surface area (Å²) < 4.78 is 10.7. The van der Waals surface area contributed by atoms with E-state index in [1.54, 1.807) is 0 Å². The summed E-state index contributed by atoms with van der Waals surface area (Å²) in [5.41, 5.74) is 0. The minimum Gasteiger partial charge on any atom is -0.458 e. The van der Waals surface area contributed by atoms with Crippen molar-refractivity contribution >= 4 is 11.9 Å². The molecule has 0 aromatic carbocycles. The Hall–Kier alpha value is -1.06. The molecule has 0 heterocycles. The third kappa shape index (κ3) is 4.75. The predicted octanol–water partition coefficient (Wildman–Crippen LogP) is 2.59. The Kier molecular flexibility index (Phi) is 6.01. The molecule has 0 radical (unpaired) electrons. The van der Waals surface area contributed by atoms with Gasteiger partial charge in [-0.05, 0) is 32.1 Å². The fourth-order valence-corrected chi connectivity index (χ4v) is 2.03. The van der Waals surface area contributed by atoms with Gasteiger partial charge in [0.05, 0.1) is 0 Å². The molecular formula is C13H22O4. The first-order valence-electron chi connectivity index (χ1n) is 6.56. The molecule has 1 aliphatic carbocycles. The van der Waals surface area contributed by atoms with Crippen LogP contribution in [0.4, 0.5) is 0 Å². The van der Waals surface area contributed by atoms with Gasteiger partial charge in [-0.25, -0.2) is 0 Å². The molecule has 0 N–H and O–H groups in total. The highest BCUT2D eigenvalue weighted by Gasteiger charge is 2.33. The number of hydrogen-bond acceptors (Lipinski definition) is 4. The second-order valence-electron chi connectivity index (χ2n) is 4.49. The molecule has 0 aromatic heterocycles. The average Bonchev–Trinajstić information content (AvgIpc) is 2.66. The number of esters is 2. The van der Waals surface area contributed by atoms with E-state index in [9.17, 15) is 9.59 Å². The average molecular weight is 242 g/mol. The highest BCUT2D eigenvalue weighted by molar-refractivity contribution is 5.70. The van der Waals surface area contributed by atoms with Gasteiger partial charge in [-0.3, -0.25) is 9.59 Å². The summed E-state index contributed by atoms with van der Waals surface area (Å²) >= 11 is 0. The van der Waals surface area contributed by atoms with Crippen molar-refractivity contribution in [3.05, 3.63) is 0 Å². The third-order valence-corrected chi connectivity index (χ3v) is 2.87. The van der Waals surface area contributed by atoms with Crippen molar-refractivity contribution in [2.75, 3.05) is 0 Å². The Morgan fingerprint density at radius 2 is 1.35 bits per heavy atom. The predicted molar refractivity (Wildman–Crippen MR) is 63.4 cm³/mol. The topological polar surface area (TPSA) is 52.6 Å². The van der Waals surface area contributed by atoms with Crippen molar-refractivity contribution in [3.8, 4) is 0 Å². The lowest BCUT2D eigenvalue weighted by Crippen LogP contribution is -2.30. The van der Waals surface area contributed by atoms with Gasteiger partial charge in [-0.15, -0.1) is 0 Å². The SMILES string of the molecule is CCCC(=O)O[C@H]1CCC[C@@H]1OC(=O)CCC. The van der Waals surface area contributed by atoms with E-state index in [0.717, 1.165) is 32.1 Å². The van der Waals surface area contributed by atoms with Crippen LogP contribution in [0.2, 0.25) is 0 Å². The molecule has 1 fully saturated rings. The molecule has 0 aliphatic heterocycles. The molecule has 17 heavy (non-hydrogen) atoms. The molecule has 0 aromatic rings. The molecule has 4 nitrogen and oxygen atoms in total. The first kappa shape index (κ1) is 14.0. The molecule has 1 saturated carbocycles. The van der Waals surface area contributed by atoms with Gasteiger partial charge in [0.1, 0.15) is 12.2 Å². The van der Waals surface area contributed by atoms with Crippen LogP contribution in [0.25, 0.3) is 0 Å². The highest BCUT2D eigenvalue weighted by Crippen LogP contribution is 2.26. The normalized spacial score (nSPS) is 23.4. The van der Waals surface area contributed by atoms with Crippen LogP contribution in [0.15, 0.2) is 0 Å². The summed E-state index contributed by atoms with van der Waals surface area (Å²) in [5, 5.41) is 0. The van der Waals surface area contributed by atoms with Gasteiger partial charge in [-0.2, -0.15) is 0 Å². The molecule has 4 heteroatoms. The first-order chi connectivity index (χ1) is 8.17. The van der Waals surface area contributed by atoms with Crippen LogP contribution in [0, 0.1) is 0 Å². The van der Waals surface area contributed by atoms with E-state index < -0.39 is 0 Å². The number of carbonyl (C=O) groups excluding carboxylic acids is 2. The maximum Gasteiger partial charge on any atom is 0.306 e. The van der Waals surface area contributed by atoms with Crippen LogP contribution >= 0.6 is 0 Å². The summed E-state index contributed by atoms with van der Waals surface area (Å²) in [6.07, 6.45) is 4.55. The quantitative estimate of drug-likeness (QED) is 0.672. The van der Waals surface area contributed by atoms with Crippen LogP contribution in [0.5, 0.6) is 0 Å². The molecule has 0 saturated heterocycles. The molecule has 2 atom stereocenters. The van der Waals surface area contributed by atoms with Crippen LogP contribution in [0.1, 0.15) is 58.8 Å². The number of hydrogen-bond donors (Lipinski definition) is 0. The van der Waals surface area contributed by atoms with E-state index in [2.05, 4.69) is 0 Å². The van der Waals surface area contributed by atoms with Crippen LogP contribution in [-0.4, -0.2) is 24.1 Å². The van der Waals surface area contributed by atoms with E-state index in [1.165, 1.54) is 0 Å². The standard InChI is InChI=1S/C13H22O4/c1-3-6-12(14)16-10-8-5-9-11(10)17-13(15)7-4-2/h10-11H,3-9H2,1-2H3/t10-,11-/m0/s1. The Balaban J connectivity index is 2.38. The van der Waals surface area contributed by atoms with Crippen molar-refractivity contribution in [3.63, 3.8) is 0 Å². The zero-order valence-corrected chi connectivity index (χ0v) is 10.7. The van der Waals surface area contributed by atoms with Crippen molar-refractivity contribution in [1.82, 2.24) is 0 Å². The minimum absolute atomic E-state index is 0.184. The molecule has 0 amide bonds. The molecule has 0 unspecified atom stereocenters. The van der Waals surface area contributed by atoms with Crippen molar-refractivity contribution < 1.29 is 19.1 Å². The van der Waals surface area contributed by atoms with Gasteiger partial charge in [0.25, 0.3) is 0 Å². The van der Waals surface area contributed by atoms with E-state index in [4.69, 9.17) is 9.47 Å². The largest absolute Gasteiger partial charge is 0.458 e. The second kappa shape index (κ2) is 7.30. The van der Waals surface area contributed by atoms with Gasteiger partial charge >= 0.3 is 11.9 Å². The van der Waals surface area contributed by atoms with Gasteiger partial charge in [0, 0.05) is 12.8 Å². The van der Waals surface area contributed by atoms with Gasteiger partial charge in [0.15, 0.2) is 0 Å². The van der Waals surface area contributed by atoms with Crippen molar-refractivity contribution in [2.45, 2.75) is 71.0 Å². The van der Waals surface area contributed by atoms with Gasteiger partial charge in [-0.1, -0.05) is 13.8 Å². The Bertz CT molecular complexity index is 236. The first-order valence-corrected chi connectivity index (χ1v) is 6.56. The van der Waals surface area contributed by atoms with Gasteiger partial charge < -0.3 is 9.47 Å². The van der Waals surface area contributed by atoms with Crippen LogP contribution in [-0.2, 0) is 19.1 Å². The maximum absolute atomic E-state index is 11.4. The van der Waals surface area contributed by atoms with E-state index in [-0.39, 0.29) is 24.1 Å². The van der Waals surface area contributed by atoms with Crippen molar-refractivity contribution in [2.24, 2.45) is 0 Å². The second-order valence-corrected chi connectivity index (χ2v) is 4.49. The Labute approximate surface area is 103 Å². The summed E-state index contributed by atoms with van der Waals surface area (Å²) in [5.74, 6) is -0.369. The third-order valence-electron chi connectivity index (χ3n) is 2.87. The fraction of sp³-hybridized carbons (Fsp3) is 0.846. The summed E-state index contributed by atoms with van der Waals surface area (Å²) in [6, 6.07) is 0.